The second kappa shape index (κ2) is 8.19. The molecule has 2 nitrogen and oxygen atoms in total. The van der Waals surface area contributed by atoms with Crippen molar-refractivity contribution < 1.29 is 17.9 Å². The van der Waals surface area contributed by atoms with E-state index >= 15 is 0 Å². The first-order valence-corrected chi connectivity index (χ1v) is 5.47. The number of hydrogen-bond donors (Lipinski definition) is 1. The molecular formula is C9H17ClF3NO. The molecule has 0 aromatic carbocycles. The van der Waals surface area contributed by atoms with Crippen LogP contribution in [-0.4, -0.2) is 37.9 Å². The number of nitrogens with one attached hydrogen (secondary N) is 1. The highest BCUT2D eigenvalue weighted by molar-refractivity contribution is 6.17. The molecule has 0 aromatic heterocycles. The molecule has 0 saturated carbocycles. The summed E-state index contributed by atoms with van der Waals surface area (Å²) in [6.07, 6.45) is -2.51. The maximum atomic E-state index is 11.7. The van der Waals surface area contributed by atoms with Gasteiger partial charge in [-0.25, -0.2) is 0 Å². The van der Waals surface area contributed by atoms with Crippen molar-refractivity contribution in [1.82, 2.24) is 5.32 Å². The summed E-state index contributed by atoms with van der Waals surface area (Å²) < 4.78 is 39.4. The smallest absolute Gasteiger partial charge is 0.371 e. The van der Waals surface area contributed by atoms with Gasteiger partial charge in [0.1, 0.15) is 6.61 Å². The van der Waals surface area contributed by atoms with Crippen LogP contribution in [0, 0.1) is 0 Å². The van der Waals surface area contributed by atoms with Crippen LogP contribution < -0.4 is 5.32 Å². The van der Waals surface area contributed by atoms with Gasteiger partial charge >= 0.3 is 6.18 Å². The largest absolute Gasteiger partial charge is 0.411 e. The summed E-state index contributed by atoms with van der Waals surface area (Å²) >= 11 is 5.55. The van der Waals surface area contributed by atoms with E-state index in [2.05, 4.69) is 10.1 Å². The van der Waals surface area contributed by atoms with Gasteiger partial charge in [-0.1, -0.05) is 6.92 Å². The second-order valence-electron chi connectivity index (χ2n) is 3.20. The molecule has 0 heterocycles. The van der Waals surface area contributed by atoms with E-state index in [-0.39, 0.29) is 12.6 Å². The lowest BCUT2D eigenvalue weighted by molar-refractivity contribution is -0.173. The Hall–Kier alpha value is -0.0000000000000000555. The second-order valence-corrected chi connectivity index (χ2v) is 3.58. The fourth-order valence-corrected chi connectivity index (χ4v) is 1.37. The number of ether oxygens (including phenoxy) is 1. The summed E-state index contributed by atoms with van der Waals surface area (Å²) in [7, 11) is 0. The van der Waals surface area contributed by atoms with Crippen molar-refractivity contribution in [3.05, 3.63) is 0 Å². The fourth-order valence-electron chi connectivity index (χ4n) is 1.11. The molecule has 0 radical (unpaired) electrons. The van der Waals surface area contributed by atoms with Crippen molar-refractivity contribution in [2.24, 2.45) is 0 Å². The molecule has 0 aromatic rings. The van der Waals surface area contributed by atoms with E-state index < -0.39 is 12.8 Å². The molecule has 0 aliphatic rings. The minimum Gasteiger partial charge on any atom is -0.371 e. The molecule has 0 fully saturated rings. The molecule has 1 atom stereocenters. The molecule has 1 unspecified atom stereocenters. The molecule has 0 bridgehead atoms. The van der Waals surface area contributed by atoms with Crippen molar-refractivity contribution >= 4 is 11.6 Å². The molecule has 1 N–H and O–H groups in total. The van der Waals surface area contributed by atoms with Crippen molar-refractivity contribution in [3.63, 3.8) is 0 Å². The third-order valence-corrected chi connectivity index (χ3v) is 2.11. The molecule has 0 aliphatic carbocycles. The number of alkyl halides is 4. The Kier molecular flexibility index (Phi) is 8.19. The van der Waals surface area contributed by atoms with Crippen molar-refractivity contribution in [2.45, 2.75) is 32.0 Å². The van der Waals surface area contributed by atoms with E-state index in [0.29, 0.717) is 12.4 Å². The third-order valence-electron chi connectivity index (χ3n) is 1.90. The minimum atomic E-state index is -4.24. The summed E-state index contributed by atoms with van der Waals surface area (Å²) in [5.74, 6) is 0.551. The standard InChI is InChI=1S/C9H17ClF3NO/c1-2-8(3-4-10)14-5-6-15-7-9(11,12)13/h8,14H,2-7H2,1H3. The Balaban J connectivity index is 3.36. The normalized spacial score (nSPS) is 14.2. The van der Waals surface area contributed by atoms with Gasteiger partial charge in [-0.05, 0) is 12.8 Å². The number of hydrogen-bond acceptors (Lipinski definition) is 2. The highest BCUT2D eigenvalue weighted by Crippen LogP contribution is 2.13. The number of halogens is 4. The topological polar surface area (TPSA) is 21.3 Å². The van der Waals surface area contributed by atoms with Gasteiger partial charge in [0.25, 0.3) is 0 Å². The Morgan fingerprint density at radius 3 is 2.53 bits per heavy atom. The van der Waals surface area contributed by atoms with Crippen molar-refractivity contribution in [1.29, 1.82) is 0 Å². The molecule has 0 saturated heterocycles. The third kappa shape index (κ3) is 10.3. The lowest BCUT2D eigenvalue weighted by Crippen LogP contribution is -2.32. The SMILES string of the molecule is CCC(CCCl)NCCOCC(F)(F)F. The predicted molar refractivity (Wildman–Crippen MR) is 54.3 cm³/mol. The highest BCUT2D eigenvalue weighted by Gasteiger charge is 2.27. The molecule has 92 valence electrons. The minimum absolute atomic E-state index is 0.0678. The van der Waals surface area contributed by atoms with Gasteiger partial charge in [0.05, 0.1) is 6.61 Å². The van der Waals surface area contributed by atoms with E-state index in [1.165, 1.54) is 0 Å². The van der Waals surface area contributed by atoms with Gasteiger partial charge in [0.2, 0.25) is 0 Å². The summed E-state index contributed by atoms with van der Waals surface area (Å²) in [5, 5.41) is 3.08. The Morgan fingerprint density at radius 1 is 1.40 bits per heavy atom. The van der Waals surface area contributed by atoms with E-state index in [1.807, 2.05) is 6.92 Å². The zero-order chi connectivity index (χ0) is 11.7. The van der Waals surface area contributed by atoms with Crippen LogP contribution in [-0.2, 0) is 4.74 Å². The van der Waals surface area contributed by atoms with Crippen LogP contribution >= 0.6 is 11.6 Å². The monoisotopic (exact) mass is 247 g/mol. The van der Waals surface area contributed by atoms with Gasteiger partial charge in [-0.3, -0.25) is 0 Å². The zero-order valence-electron chi connectivity index (χ0n) is 8.74. The average molecular weight is 248 g/mol. The molecule has 0 rings (SSSR count). The van der Waals surface area contributed by atoms with Crippen LogP contribution in [0.5, 0.6) is 0 Å². The highest BCUT2D eigenvalue weighted by atomic mass is 35.5. The first kappa shape index (κ1) is 15.0. The van der Waals surface area contributed by atoms with Crippen molar-refractivity contribution in [3.8, 4) is 0 Å². The van der Waals surface area contributed by atoms with Gasteiger partial charge in [0, 0.05) is 18.5 Å². The summed E-state index contributed by atoms with van der Waals surface area (Å²) in [6, 6.07) is 0.261. The van der Waals surface area contributed by atoms with Gasteiger partial charge in [-0.2, -0.15) is 13.2 Å². The van der Waals surface area contributed by atoms with Crippen LogP contribution in [0.2, 0.25) is 0 Å². The van der Waals surface area contributed by atoms with Crippen LogP contribution in [0.1, 0.15) is 19.8 Å². The predicted octanol–water partition coefficient (Wildman–Crippen LogP) is 2.56. The Bertz CT molecular complexity index is 155. The summed E-state index contributed by atoms with van der Waals surface area (Å²) in [5.41, 5.74) is 0. The maximum absolute atomic E-state index is 11.7. The van der Waals surface area contributed by atoms with E-state index in [4.69, 9.17) is 11.6 Å². The van der Waals surface area contributed by atoms with E-state index in [9.17, 15) is 13.2 Å². The molecule has 0 aliphatic heterocycles. The van der Waals surface area contributed by atoms with Crippen LogP contribution in [0.3, 0.4) is 0 Å². The quantitative estimate of drug-likeness (QED) is 0.526. The lowest BCUT2D eigenvalue weighted by atomic mass is 10.2. The lowest BCUT2D eigenvalue weighted by Gasteiger charge is -2.15. The Morgan fingerprint density at radius 2 is 2.07 bits per heavy atom. The van der Waals surface area contributed by atoms with E-state index in [0.717, 1.165) is 12.8 Å². The number of rotatable bonds is 8. The van der Waals surface area contributed by atoms with Gasteiger partial charge in [-0.15, -0.1) is 11.6 Å². The molecule has 15 heavy (non-hydrogen) atoms. The average Bonchev–Trinajstić information content (AvgIpc) is 2.14. The first-order chi connectivity index (χ1) is 6.99. The van der Waals surface area contributed by atoms with Crippen LogP contribution in [0.15, 0.2) is 0 Å². The molecule has 6 heteroatoms. The Labute approximate surface area is 93.1 Å². The molecule has 0 amide bonds. The fraction of sp³-hybridized carbons (Fsp3) is 1.00. The summed E-state index contributed by atoms with van der Waals surface area (Å²) in [4.78, 5) is 0. The van der Waals surface area contributed by atoms with Gasteiger partial charge < -0.3 is 10.1 Å². The molecule has 0 spiro atoms. The van der Waals surface area contributed by atoms with Crippen LogP contribution in [0.4, 0.5) is 13.2 Å². The van der Waals surface area contributed by atoms with E-state index in [1.54, 1.807) is 0 Å². The van der Waals surface area contributed by atoms with Crippen molar-refractivity contribution in [2.75, 3.05) is 25.6 Å². The zero-order valence-corrected chi connectivity index (χ0v) is 9.50. The molecular weight excluding hydrogens is 231 g/mol. The van der Waals surface area contributed by atoms with Crippen LogP contribution in [0.25, 0.3) is 0 Å². The summed E-state index contributed by atoms with van der Waals surface area (Å²) in [6.45, 7) is 1.31. The maximum Gasteiger partial charge on any atom is 0.411 e. The first-order valence-electron chi connectivity index (χ1n) is 4.93. The van der Waals surface area contributed by atoms with Gasteiger partial charge in [0.15, 0.2) is 0 Å².